The second-order valence-electron chi connectivity index (χ2n) is 5.03. The average Bonchev–Trinajstić information content (AvgIpc) is 2.93. The van der Waals surface area contributed by atoms with Gasteiger partial charge in [0.25, 0.3) is 0 Å². The van der Waals surface area contributed by atoms with Crippen LogP contribution in [0.4, 0.5) is 0 Å². The van der Waals surface area contributed by atoms with Crippen molar-refractivity contribution in [2.45, 2.75) is 17.4 Å². The molecule has 1 aliphatic rings. The molecule has 23 heavy (non-hydrogen) atoms. The standard InChI is InChI=1S/C15H19BrN2O3S2/c1-15(22-4-5-23-15)8-14(19)18-17-9-10-6-11(16)13(21-3)7-12(10)20-2/h6-7,9H,4-5,8H2,1-3H3,(H,18,19)/b17-9-. The van der Waals surface area contributed by atoms with Gasteiger partial charge in [-0.2, -0.15) is 5.10 Å². The third-order valence-electron chi connectivity index (χ3n) is 3.28. The monoisotopic (exact) mass is 418 g/mol. The van der Waals surface area contributed by atoms with Gasteiger partial charge >= 0.3 is 0 Å². The van der Waals surface area contributed by atoms with Crippen LogP contribution >= 0.6 is 39.5 Å². The molecule has 1 saturated heterocycles. The van der Waals surface area contributed by atoms with Gasteiger partial charge in [0.05, 0.1) is 35.4 Å². The molecule has 126 valence electrons. The lowest BCUT2D eigenvalue weighted by atomic mass is 10.2. The van der Waals surface area contributed by atoms with Crippen LogP contribution in [0.3, 0.4) is 0 Å². The van der Waals surface area contributed by atoms with E-state index in [4.69, 9.17) is 9.47 Å². The second-order valence-corrected chi connectivity index (χ2v) is 9.34. The fourth-order valence-electron chi connectivity index (χ4n) is 2.15. The molecule has 0 radical (unpaired) electrons. The number of nitrogens with one attached hydrogen (secondary N) is 1. The summed E-state index contributed by atoms with van der Waals surface area (Å²) in [7, 11) is 3.17. The molecule has 0 bridgehead atoms. The zero-order valence-corrected chi connectivity index (χ0v) is 16.4. The highest BCUT2D eigenvalue weighted by atomic mass is 79.9. The Kier molecular flexibility index (Phi) is 6.67. The number of hydrogen-bond donors (Lipinski definition) is 1. The molecule has 1 aromatic carbocycles. The summed E-state index contributed by atoms with van der Waals surface area (Å²) in [6.45, 7) is 2.10. The largest absolute Gasteiger partial charge is 0.496 e. The lowest BCUT2D eigenvalue weighted by Gasteiger charge is -2.19. The van der Waals surface area contributed by atoms with Crippen LogP contribution in [-0.4, -0.2) is 41.9 Å². The van der Waals surface area contributed by atoms with Crippen LogP contribution in [0.25, 0.3) is 0 Å². The third kappa shape index (κ3) is 5.06. The van der Waals surface area contributed by atoms with Gasteiger partial charge < -0.3 is 9.47 Å². The Bertz CT molecular complexity index is 605. The van der Waals surface area contributed by atoms with Crippen molar-refractivity contribution in [2.75, 3.05) is 25.7 Å². The Morgan fingerprint density at radius 2 is 2.00 bits per heavy atom. The predicted molar refractivity (Wildman–Crippen MR) is 101 cm³/mol. The van der Waals surface area contributed by atoms with Crippen molar-refractivity contribution in [3.05, 3.63) is 22.2 Å². The summed E-state index contributed by atoms with van der Waals surface area (Å²) in [5.74, 6) is 3.39. The Hall–Kier alpha value is -0.860. The van der Waals surface area contributed by atoms with Gasteiger partial charge in [0.1, 0.15) is 11.5 Å². The van der Waals surface area contributed by atoms with Gasteiger partial charge in [-0.1, -0.05) is 0 Å². The number of amides is 1. The van der Waals surface area contributed by atoms with E-state index in [0.717, 1.165) is 21.5 Å². The fourth-order valence-corrected chi connectivity index (χ4v) is 5.50. The van der Waals surface area contributed by atoms with E-state index in [1.54, 1.807) is 26.5 Å². The van der Waals surface area contributed by atoms with Crippen LogP contribution in [0.1, 0.15) is 18.9 Å². The smallest absolute Gasteiger partial charge is 0.242 e. The van der Waals surface area contributed by atoms with Crippen molar-refractivity contribution in [3.8, 4) is 11.5 Å². The van der Waals surface area contributed by atoms with Gasteiger partial charge in [-0.15, -0.1) is 23.5 Å². The van der Waals surface area contributed by atoms with Crippen LogP contribution in [0.2, 0.25) is 0 Å². The minimum Gasteiger partial charge on any atom is -0.496 e. The van der Waals surface area contributed by atoms with E-state index < -0.39 is 0 Å². The van der Waals surface area contributed by atoms with Crippen molar-refractivity contribution in [2.24, 2.45) is 5.10 Å². The zero-order chi connectivity index (χ0) is 16.9. The summed E-state index contributed by atoms with van der Waals surface area (Å²) in [6.07, 6.45) is 2.02. The summed E-state index contributed by atoms with van der Waals surface area (Å²) in [5, 5.41) is 4.04. The Morgan fingerprint density at radius 1 is 1.35 bits per heavy atom. The molecule has 0 saturated carbocycles. The highest BCUT2D eigenvalue weighted by Crippen LogP contribution is 2.45. The number of ether oxygens (including phenoxy) is 2. The van der Waals surface area contributed by atoms with Crippen LogP contribution in [0.15, 0.2) is 21.7 Å². The number of rotatable bonds is 6. The molecule has 0 aromatic heterocycles. The molecule has 0 atom stereocenters. The van der Waals surface area contributed by atoms with Crippen molar-refractivity contribution < 1.29 is 14.3 Å². The third-order valence-corrected chi connectivity index (χ3v) is 7.19. The maximum absolute atomic E-state index is 12.0. The molecule has 1 aromatic rings. The molecule has 0 unspecified atom stereocenters. The molecular weight excluding hydrogens is 400 g/mol. The molecule has 8 heteroatoms. The number of carbonyl (C=O) groups is 1. The quantitative estimate of drug-likeness (QED) is 0.565. The Labute approximate surface area is 153 Å². The summed E-state index contributed by atoms with van der Waals surface area (Å²) >= 11 is 7.07. The Morgan fingerprint density at radius 3 is 2.61 bits per heavy atom. The highest BCUT2D eigenvalue weighted by Gasteiger charge is 2.32. The molecule has 1 amide bonds. The lowest BCUT2D eigenvalue weighted by Crippen LogP contribution is -2.26. The first kappa shape index (κ1) is 18.5. The summed E-state index contributed by atoms with van der Waals surface area (Å²) in [6, 6.07) is 3.59. The van der Waals surface area contributed by atoms with Gasteiger partial charge in [-0.3, -0.25) is 4.79 Å². The normalized spacial score (nSPS) is 16.5. The number of benzene rings is 1. The van der Waals surface area contributed by atoms with Crippen molar-refractivity contribution >= 4 is 51.6 Å². The summed E-state index contributed by atoms with van der Waals surface area (Å²) in [5.41, 5.74) is 3.33. The number of hydrazone groups is 1. The Balaban J connectivity index is 1.99. The second kappa shape index (κ2) is 8.30. The molecule has 1 fully saturated rings. The minimum atomic E-state index is -0.0859. The first-order valence-corrected chi connectivity index (χ1v) is 9.75. The van der Waals surface area contributed by atoms with Gasteiger partial charge in [-0.25, -0.2) is 5.43 Å². The molecule has 0 aliphatic carbocycles. The number of carbonyl (C=O) groups excluding carboxylic acids is 1. The SMILES string of the molecule is COc1cc(OC)c(/C=N\NC(=O)CC2(C)SCCS2)cc1Br. The molecule has 5 nitrogen and oxygen atoms in total. The zero-order valence-electron chi connectivity index (χ0n) is 13.2. The maximum atomic E-state index is 12.0. The molecule has 1 heterocycles. The predicted octanol–water partition coefficient (Wildman–Crippen LogP) is 3.50. The van der Waals surface area contributed by atoms with Gasteiger partial charge in [0, 0.05) is 23.1 Å². The van der Waals surface area contributed by atoms with Crippen LogP contribution in [0.5, 0.6) is 11.5 Å². The van der Waals surface area contributed by atoms with Gasteiger partial charge in [0.2, 0.25) is 5.91 Å². The number of hydrogen-bond acceptors (Lipinski definition) is 6. The van der Waals surface area contributed by atoms with E-state index >= 15 is 0 Å². The summed E-state index contributed by atoms with van der Waals surface area (Å²) in [4.78, 5) is 12.0. The van der Waals surface area contributed by atoms with Crippen molar-refractivity contribution in [1.29, 1.82) is 0 Å². The lowest BCUT2D eigenvalue weighted by molar-refractivity contribution is -0.121. The number of halogens is 1. The molecular formula is C15H19BrN2O3S2. The van der Waals surface area contributed by atoms with Crippen molar-refractivity contribution in [3.63, 3.8) is 0 Å². The van der Waals surface area contributed by atoms with Crippen LogP contribution in [-0.2, 0) is 4.79 Å². The van der Waals surface area contributed by atoms with E-state index in [1.165, 1.54) is 0 Å². The molecule has 1 N–H and O–H groups in total. The topological polar surface area (TPSA) is 59.9 Å². The van der Waals surface area contributed by atoms with E-state index in [2.05, 4.69) is 33.4 Å². The van der Waals surface area contributed by atoms with E-state index in [0.29, 0.717) is 17.9 Å². The minimum absolute atomic E-state index is 0.0412. The first-order chi connectivity index (χ1) is 11.0. The van der Waals surface area contributed by atoms with Gasteiger partial charge in [0.15, 0.2) is 0 Å². The van der Waals surface area contributed by atoms with Crippen LogP contribution in [0, 0.1) is 0 Å². The maximum Gasteiger partial charge on any atom is 0.242 e. The fraction of sp³-hybridized carbons (Fsp3) is 0.467. The number of nitrogens with zero attached hydrogens (tertiary/aromatic N) is 1. The molecule has 1 aliphatic heterocycles. The number of methoxy groups -OCH3 is 2. The highest BCUT2D eigenvalue weighted by molar-refractivity contribution is 9.10. The van der Waals surface area contributed by atoms with E-state index in [-0.39, 0.29) is 9.99 Å². The van der Waals surface area contributed by atoms with E-state index in [1.807, 2.05) is 29.6 Å². The molecule has 2 rings (SSSR count). The number of thioether (sulfide) groups is 2. The molecule has 0 spiro atoms. The van der Waals surface area contributed by atoms with Gasteiger partial charge in [-0.05, 0) is 28.9 Å². The first-order valence-electron chi connectivity index (χ1n) is 6.99. The summed E-state index contributed by atoms with van der Waals surface area (Å²) < 4.78 is 11.3. The van der Waals surface area contributed by atoms with Crippen molar-refractivity contribution in [1.82, 2.24) is 5.43 Å². The van der Waals surface area contributed by atoms with Crippen LogP contribution < -0.4 is 14.9 Å². The average molecular weight is 419 g/mol. The van der Waals surface area contributed by atoms with E-state index in [9.17, 15) is 4.79 Å².